The van der Waals surface area contributed by atoms with Crippen molar-refractivity contribution in [3.05, 3.63) is 63.9 Å². The number of benzene rings is 2. The summed E-state index contributed by atoms with van der Waals surface area (Å²) in [5, 5.41) is 0.527. The largest absolute Gasteiger partial charge is 0.312 e. The number of nitrogens with one attached hydrogen (secondary N) is 2. The van der Waals surface area contributed by atoms with E-state index in [4.69, 9.17) is 23.2 Å². The van der Waals surface area contributed by atoms with Gasteiger partial charge in [0.2, 0.25) is 11.8 Å². The van der Waals surface area contributed by atoms with Gasteiger partial charge in [-0.25, -0.2) is 4.39 Å². The van der Waals surface area contributed by atoms with Crippen molar-refractivity contribution in [1.82, 2.24) is 10.9 Å². The van der Waals surface area contributed by atoms with Crippen LogP contribution in [-0.2, 0) is 9.59 Å². The number of nitrogens with zero attached hydrogens (tertiary/aromatic N) is 1. The molecule has 27 heavy (non-hydrogen) atoms. The van der Waals surface area contributed by atoms with E-state index < -0.39 is 23.5 Å². The quantitative estimate of drug-likeness (QED) is 0.764. The molecule has 1 saturated heterocycles. The van der Waals surface area contributed by atoms with Gasteiger partial charge in [-0.05, 0) is 42.5 Å². The predicted octanol–water partition coefficient (Wildman–Crippen LogP) is 2.95. The molecule has 0 radical (unpaired) electrons. The zero-order chi connectivity index (χ0) is 19.6. The number of anilines is 1. The van der Waals surface area contributed by atoms with Gasteiger partial charge in [0.15, 0.2) is 0 Å². The number of amides is 3. The first-order valence-electron chi connectivity index (χ1n) is 7.96. The molecule has 0 spiro atoms. The summed E-state index contributed by atoms with van der Waals surface area (Å²) in [4.78, 5) is 37.9. The summed E-state index contributed by atoms with van der Waals surface area (Å²) in [5.74, 6) is -2.43. The van der Waals surface area contributed by atoms with Crippen LogP contribution in [-0.4, -0.2) is 24.3 Å². The Bertz CT molecular complexity index is 905. The third kappa shape index (κ3) is 4.37. The fourth-order valence-corrected chi connectivity index (χ4v) is 3.21. The van der Waals surface area contributed by atoms with Crippen LogP contribution in [0.4, 0.5) is 10.1 Å². The van der Waals surface area contributed by atoms with Gasteiger partial charge >= 0.3 is 0 Å². The summed E-state index contributed by atoms with van der Waals surface area (Å²) in [6.07, 6.45) is -0.0131. The summed E-state index contributed by atoms with van der Waals surface area (Å²) in [6, 6.07) is 9.77. The van der Waals surface area contributed by atoms with E-state index in [0.717, 1.165) is 0 Å². The second kappa shape index (κ2) is 7.94. The van der Waals surface area contributed by atoms with Gasteiger partial charge in [-0.1, -0.05) is 23.2 Å². The molecule has 2 N–H and O–H groups in total. The van der Waals surface area contributed by atoms with Crippen LogP contribution in [0.3, 0.4) is 0 Å². The lowest BCUT2D eigenvalue weighted by molar-refractivity contribution is -0.126. The normalized spacial score (nSPS) is 16.3. The highest BCUT2D eigenvalue weighted by Gasteiger charge is 2.35. The second-order valence-corrected chi connectivity index (χ2v) is 6.79. The van der Waals surface area contributed by atoms with Gasteiger partial charge in [-0.2, -0.15) is 0 Å². The van der Waals surface area contributed by atoms with Crippen LogP contribution >= 0.6 is 23.2 Å². The molecule has 0 aliphatic carbocycles. The van der Waals surface area contributed by atoms with Gasteiger partial charge in [-0.3, -0.25) is 25.2 Å². The van der Waals surface area contributed by atoms with Gasteiger partial charge < -0.3 is 4.90 Å². The van der Waals surface area contributed by atoms with Crippen LogP contribution in [0.25, 0.3) is 0 Å². The third-order valence-corrected chi connectivity index (χ3v) is 4.66. The average molecular weight is 410 g/mol. The smallest absolute Gasteiger partial charge is 0.271 e. The van der Waals surface area contributed by atoms with Crippen LogP contribution in [0.15, 0.2) is 42.5 Å². The molecule has 0 unspecified atom stereocenters. The Morgan fingerprint density at radius 1 is 1.07 bits per heavy atom. The summed E-state index contributed by atoms with van der Waals surface area (Å²) < 4.78 is 13.0. The van der Waals surface area contributed by atoms with Crippen molar-refractivity contribution in [3.63, 3.8) is 0 Å². The lowest BCUT2D eigenvalue weighted by Gasteiger charge is -2.16. The number of rotatable bonds is 3. The third-order valence-electron chi connectivity index (χ3n) is 4.11. The predicted molar refractivity (Wildman–Crippen MR) is 98.9 cm³/mol. The van der Waals surface area contributed by atoms with Crippen LogP contribution in [0.2, 0.25) is 10.0 Å². The molecule has 1 aliphatic heterocycles. The maximum atomic E-state index is 13.0. The standard InChI is InChI=1S/C18H14Cl2FN3O3/c19-11-1-6-14(15(20)8-11)18(27)23-22-17(26)10-7-16(25)24(9-10)13-4-2-12(21)3-5-13/h1-6,8,10H,7,9H2,(H,22,26)(H,23,27)/t10-/m0/s1. The molecular formula is C18H14Cl2FN3O3. The Morgan fingerprint density at radius 2 is 1.78 bits per heavy atom. The highest BCUT2D eigenvalue weighted by Crippen LogP contribution is 2.25. The van der Waals surface area contributed by atoms with Crippen LogP contribution in [0.5, 0.6) is 0 Å². The van der Waals surface area contributed by atoms with E-state index in [9.17, 15) is 18.8 Å². The molecule has 2 aromatic carbocycles. The van der Waals surface area contributed by atoms with Gasteiger partial charge in [-0.15, -0.1) is 0 Å². The Labute approximate surface area is 164 Å². The zero-order valence-electron chi connectivity index (χ0n) is 13.8. The van der Waals surface area contributed by atoms with Crippen LogP contribution in [0, 0.1) is 11.7 Å². The molecule has 9 heteroatoms. The molecule has 1 atom stereocenters. The fraction of sp³-hybridized carbons (Fsp3) is 0.167. The van der Waals surface area contributed by atoms with Crippen molar-refractivity contribution in [2.45, 2.75) is 6.42 Å². The molecular weight excluding hydrogens is 396 g/mol. The van der Waals surface area contributed by atoms with E-state index in [2.05, 4.69) is 10.9 Å². The van der Waals surface area contributed by atoms with E-state index in [1.807, 2.05) is 0 Å². The molecule has 6 nitrogen and oxygen atoms in total. The molecule has 140 valence electrons. The Hall–Kier alpha value is -2.64. The first kappa shape index (κ1) is 19.1. The highest BCUT2D eigenvalue weighted by molar-refractivity contribution is 6.36. The number of halogens is 3. The van der Waals surface area contributed by atoms with E-state index in [-0.39, 0.29) is 29.5 Å². The fourth-order valence-electron chi connectivity index (χ4n) is 2.72. The van der Waals surface area contributed by atoms with E-state index >= 15 is 0 Å². The monoisotopic (exact) mass is 409 g/mol. The summed E-state index contributed by atoms with van der Waals surface area (Å²) in [6.45, 7) is 0.133. The van der Waals surface area contributed by atoms with Crippen molar-refractivity contribution in [3.8, 4) is 0 Å². The minimum Gasteiger partial charge on any atom is -0.312 e. The van der Waals surface area contributed by atoms with Crippen LogP contribution in [0.1, 0.15) is 16.8 Å². The number of carbonyl (C=O) groups excluding carboxylic acids is 3. The van der Waals surface area contributed by atoms with Crippen molar-refractivity contribution in [1.29, 1.82) is 0 Å². The molecule has 0 aromatic heterocycles. The molecule has 1 aliphatic rings. The number of hydrogen-bond acceptors (Lipinski definition) is 3. The lowest BCUT2D eigenvalue weighted by atomic mass is 10.1. The number of carbonyl (C=O) groups is 3. The Kier molecular flexibility index (Phi) is 5.62. The van der Waals surface area contributed by atoms with E-state index in [1.54, 1.807) is 0 Å². The molecule has 0 bridgehead atoms. The Balaban J connectivity index is 1.59. The molecule has 3 rings (SSSR count). The van der Waals surface area contributed by atoms with Crippen molar-refractivity contribution >= 4 is 46.6 Å². The van der Waals surface area contributed by atoms with E-state index in [0.29, 0.717) is 10.7 Å². The SMILES string of the molecule is O=C(NNC(=O)[C@H]1CC(=O)N(c2ccc(F)cc2)C1)c1ccc(Cl)cc1Cl. The van der Waals surface area contributed by atoms with Gasteiger partial charge in [0, 0.05) is 23.7 Å². The highest BCUT2D eigenvalue weighted by atomic mass is 35.5. The molecule has 2 aromatic rings. The minimum atomic E-state index is -0.649. The van der Waals surface area contributed by atoms with E-state index in [1.165, 1.54) is 47.4 Å². The average Bonchev–Trinajstić information content (AvgIpc) is 3.02. The first-order valence-corrected chi connectivity index (χ1v) is 8.72. The first-order chi connectivity index (χ1) is 12.8. The molecule has 1 fully saturated rings. The number of hydrazine groups is 1. The topological polar surface area (TPSA) is 78.5 Å². The Morgan fingerprint density at radius 3 is 2.44 bits per heavy atom. The summed E-state index contributed by atoms with van der Waals surface area (Å²) in [7, 11) is 0. The lowest BCUT2D eigenvalue weighted by Crippen LogP contribution is -2.45. The van der Waals surface area contributed by atoms with Crippen molar-refractivity contribution in [2.24, 2.45) is 5.92 Å². The maximum absolute atomic E-state index is 13.0. The number of hydrogen-bond donors (Lipinski definition) is 2. The molecule has 0 saturated carbocycles. The second-order valence-electron chi connectivity index (χ2n) is 5.95. The van der Waals surface area contributed by atoms with Gasteiger partial charge in [0.1, 0.15) is 5.82 Å². The maximum Gasteiger partial charge on any atom is 0.271 e. The van der Waals surface area contributed by atoms with Crippen molar-refractivity contribution in [2.75, 3.05) is 11.4 Å². The summed E-state index contributed by atoms with van der Waals surface area (Å²) in [5.41, 5.74) is 5.22. The van der Waals surface area contributed by atoms with Gasteiger partial charge in [0.25, 0.3) is 5.91 Å². The summed E-state index contributed by atoms with van der Waals surface area (Å²) >= 11 is 11.7. The zero-order valence-corrected chi connectivity index (χ0v) is 15.4. The molecule has 1 heterocycles. The van der Waals surface area contributed by atoms with Gasteiger partial charge in [0.05, 0.1) is 16.5 Å². The van der Waals surface area contributed by atoms with Crippen molar-refractivity contribution < 1.29 is 18.8 Å². The molecule has 3 amide bonds. The minimum absolute atomic E-state index is 0.0131. The van der Waals surface area contributed by atoms with Crippen LogP contribution < -0.4 is 15.8 Å².